The molecular weight excluding hydrogens is 1370 g/mol. The molecular formula is C102H163ClO7. The van der Waals surface area contributed by atoms with Crippen LogP contribution < -0.4 is 0 Å². The lowest BCUT2D eigenvalue weighted by Gasteiger charge is -2.55. The zero-order chi connectivity index (χ0) is 79.4. The summed E-state index contributed by atoms with van der Waals surface area (Å²) >= 11 is 5.62. The molecule has 16 unspecified atom stereocenters. The number of hydrogen-bond donors (Lipinski definition) is 7. The Bertz CT molecular complexity index is 3420. The van der Waals surface area contributed by atoms with Crippen molar-refractivity contribution in [3.63, 3.8) is 0 Å². The van der Waals surface area contributed by atoms with Crippen LogP contribution >= 0.6 is 11.6 Å². The van der Waals surface area contributed by atoms with Crippen molar-refractivity contribution >= 4 is 11.6 Å². The average Bonchev–Trinajstić information content (AvgIpc) is 1.50. The number of rotatable bonds is 12. The molecule has 0 radical (unpaired) electrons. The van der Waals surface area contributed by atoms with Crippen molar-refractivity contribution in [3.8, 4) is 23.6 Å². The topological polar surface area (TPSA) is 142 Å². The van der Waals surface area contributed by atoms with E-state index in [0.29, 0.717) is 75.4 Å². The van der Waals surface area contributed by atoms with E-state index in [2.05, 4.69) is 118 Å². The largest absolute Gasteiger partial charge is 0.393 e. The molecule has 110 heavy (non-hydrogen) atoms. The van der Waals surface area contributed by atoms with Crippen molar-refractivity contribution in [3.05, 3.63) is 46.6 Å². The Morgan fingerprint density at radius 2 is 0.745 bits per heavy atom. The fraction of sp³-hybridized carbons (Fsp3) is 0.882. The SMILES string of the molecule is C#C[C@]1(O)CC[C@H]2C(=CCC3C2CC[C@@]2(C)C3CC[C@@H]2C(C)CCC(C)(C)O)C1.CC(CC(C)(C)C)[C@H]1CCC2C3CC=C4C[C@@H](O)CC[C@@H]4C3CC[C@@]21C.CC(CCC(C)(C)O)[C@H]1CCC2C3CC=C4C[C@](O)(C#CCl)CC[C@@H]4C3CC[C@@]21C.CC([C@H]1CCC2C3CC=C4C[C@@H](O)CC[C@@H]4C3CC[C@@]21C)C(C)(C)O. The van der Waals surface area contributed by atoms with Gasteiger partial charge in [0.25, 0.3) is 0 Å². The molecule has 0 bridgehead atoms. The molecule has 16 rings (SSSR count). The van der Waals surface area contributed by atoms with Crippen LogP contribution in [0.1, 0.15) is 355 Å². The first-order chi connectivity index (χ1) is 51.5. The molecule has 0 saturated heterocycles. The maximum absolute atomic E-state index is 10.8. The maximum Gasteiger partial charge on any atom is 0.130 e. The predicted molar refractivity (Wildman–Crippen MR) is 455 cm³/mol. The van der Waals surface area contributed by atoms with E-state index in [1.54, 1.807) is 11.1 Å². The van der Waals surface area contributed by atoms with Gasteiger partial charge in [0.15, 0.2) is 0 Å². The number of aliphatic hydroxyl groups is 7. The lowest BCUT2D eigenvalue weighted by molar-refractivity contribution is -0.0696. The third-order valence-electron chi connectivity index (χ3n) is 37.8. The fourth-order valence-corrected chi connectivity index (χ4v) is 32.5. The van der Waals surface area contributed by atoms with E-state index in [-0.39, 0.29) is 12.2 Å². The Morgan fingerprint density at radius 1 is 0.418 bits per heavy atom. The fourth-order valence-electron chi connectivity index (χ4n) is 32.4. The number of allylic oxidation sites excluding steroid dienone is 4. The molecule has 0 amide bonds. The van der Waals surface area contributed by atoms with Crippen LogP contribution in [0.2, 0.25) is 0 Å². The van der Waals surface area contributed by atoms with Crippen molar-refractivity contribution < 1.29 is 35.7 Å². The molecule has 0 heterocycles. The van der Waals surface area contributed by atoms with Crippen molar-refractivity contribution in [1.82, 2.24) is 0 Å². The van der Waals surface area contributed by atoms with Gasteiger partial charge in [0.1, 0.15) is 11.2 Å². The van der Waals surface area contributed by atoms with Gasteiger partial charge in [-0.1, -0.05) is 135 Å². The van der Waals surface area contributed by atoms with Crippen LogP contribution in [0.4, 0.5) is 0 Å². The second kappa shape index (κ2) is 32.7. The predicted octanol–water partition coefficient (Wildman–Crippen LogP) is 23.6. The molecule has 7 nitrogen and oxygen atoms in total. The van der Waals surface area contributed by atoms with Gasteiger partial charge in [-0.05, 0) is 447 Å². The summed E-state index contributed by atoms with van der Waals surface area (Å²) in [6.45, 7) is 39.2. The third kappa shape index (κ3) is 17.3. The number of hydrogen-bond acceptors (Lipinski definition) is 7. The average molecular weight is 1540 g/mol. The summed E-state index contributed by atoms with van der Waals surface area (Å²) in [7, 11) is 0. The standard InChI is InChI=1S/C27H41ClO2.C27H42O2.C25H42O.C23H38O2/c1-18(9-12-25(2,3)29)23-7-8-24-22-6-5-19-17-27(30,15-16-28)14-11-20(19)21(22)10-13-26(23,24)4;1-6-27(29)16-13-20-19(17-27)7-8-22-21(20)12-15-26(5)23(9-10-24(22)26)18(2)11-14-25(3,4)28;1-16(15-24(2,3)4)22-10-11-23-21-8-6-17-14-18(26)7-9-19(17)20(21)12-13-25(22,23)5;1-14(22(2,3)25)20-9-10-21-19-7-5-15-13-16(24)6-8-17(15)18(19)11-12-23(20,21)4/h5,18,20-24,29-30H,6-14,17H2,1-4H3;1,7,18,20-24,28-29H,8-17H2,2-5H3;6,16,18-23,26H,7-15H2,1-5H3;5,14,16-21,24-25H,6-13H2,1-4H3/t18?,20-,21?,22?,23+,24?,26+,27+;18?,20-,21?,22?,23+,24?,26+,27-;16?,18-,19-,20?,21?,22+,23?,25+;14?,16-,17-,18?,19?,20+,21?,23+/m0000/s1. The van der Waals surface area contributed by atoms with Crippen molar-refractivity contribution in [2.75, 3.05) is 0 Å². The van der Waals surface area contributed by atoms with E-state index in [1.165, 1.54) is 159 Å². The van der Waals surface area contributed by atoms with Crippen molar-refractivity contribution in [1.29, 1.82) is 0 Å². The van der Waals surface area contributed by atoms with Crippen molar-refractivity contribution in [2.45, 2.75) is 395 Å². The van der Waals surface area contributed by atoms with E-state index in [4.69, 9.17) is 18.0 Å². The van der Waals surface area contributed by atoms with E-state index in [0.717, 1.165) is 184 Å². The molecule has 0 aromatic heterocycles. The molecule has 0 aromatic carbocycles. The minimum atomic E-state index is -0.908. The molecule has 16 aliphatic rings. The lowest BCUT2D eigenvalue weighted by Crippen LogP contribution is -2.49. The van der Waals surface area contributed by atoms with Crippen LogP contribution in [0.15, 0.2) is 46.6 Å². The Morgan fingerprint density at radius 3 is 1.09 bits per heavy atom. The molecule has 0 aliphatic heterocycles. The van der Waals surface area contributed by atoms with Gasteiger partial charge in [0.2, 0.25) is 0 Å². The van der Waals surface area contributed by atoms with Gasteiger partial charge in [-0.3, -0.25) is 0 Å². The Kier molecular flexibility index (Phi) is 25.5. The second-order valence-corrected chi connectivity index (χ2v) is 46.9. The molecule has 12 fully saturated rings. The summed E-state index contributed by atoms with van der Waals surface area (Å²) < 4.78 is 0. The van der Waals surface area contributed by atoms with E-state index in [1.807, 2.05) is 41.5 Å². The monoisotopic (exact) mass is 1540 g/mol. The minimum Gasteiger partial charge on any atom is -0.393 e. The van der Waals surface area contributed by atoms with Crippen LogP contribution in [0.25, 0.3) is 0 Å². The summed E-state index contributed by atoms with van der Waals surface area (Å²) in [4.78, 5) is 0. The van der Waals surface area contributed by atoms with Gasteiger partial charge in [0, 0.05) is 18.2 Å². The summed E-state index contributed by atoms with van der Waals surface area (Å²) in [5, 5.41) is 75.0. The van der Waals surface area contributed by atoms with Gasteiger partial charge in [-0.25, -0.2) is 0 Å². The normalized spacial score (nSPS) is 46.0. The number of terminal acetylenes is 1. The highest BCUT2D eigenvalue weighted by Gasteiger charge is 2.63. The molecule has 12 saturated carbocycles. The van der Waals surface area contributed by atoms with Gasteiger partial charge >= 0.3 is 0 Å². The highest BCUT2D eigenvalue weighted by Crippen LogP contribution is 2.70. The molecule has 0 aromatic rings. The third-order valence-corrected chi connectivity index (χ3v) is 37.9. The molecule has 620 valence electrons. The van der Waals surface area contributed by atoms with Gasteiger partial charge in [-0.15, -0.1) is 6.42 Å². The first-order valence-corrected chi connectivity index (χ1v) is 47.2. The Balaban J connectivity index is 0.000000129. The maximum atomic E-state index is 10.8. The second-order valence-electron chi connectivity index (χ2n) is 46.7. The first kappa shape index (κ1) is 86.0. The summed E-state index contributed by atoms with van der Waals surface area (Å²) in [6, 6.07) is 0. The van der Waals surface area contributed by atoms with Crippen LogP contribution in [0.3, 0.4) is 0 Å². The summed E-state index contributed by atoms with van der Waals surface area (Å²) in [5.41, 5.74) is 5.07. The molecule has 32 atom stereocenters. The van der Waals surface area contributed by atoms with Gasteiger partial charge in [0.05, 0.1) is 29.0 Å². The molecule has 8 heteroatoms. The first-order valence-electron chi connectivity index (χ1n) is 46.9. The van der Waals surface area contributed by atoms with Crippen LogP contribution in [0.5, 0.6) is 0 Å². The molecule has 7 N–H and O–H groups in total. The van der Waals surface area contributed by atoms with Crippen LogP contribution in [-0.4, -0.2) is 76.0 Å². The minimum absolute atomic E-state index is 0.0583. The van der Waals surface area contributed by atoms with E-state index < -0.39 is 28.0 Å². The molecule has 0 spiro atoms. The quantitative estimate of drug-likeness (QED) is 0.0762. The zero-order valence-corrected chi connectivity index (χ0v) is 73.8. The van der Waals surface area contributed by atoms with E-state index in [9.17, 15) is 35.7 Å². The lowest BCUT2D eigenvalue weighted by atomic mass is 9.50. The summed E-state index contributed by atoms with van der Waals surface area (Å²) in [6.07, 6.45) is 59.6. The number of fused-ring (bicyclic) bond motifs is 20. The highest BCUT2D eigenvalue weighted by molar-refractivity contribution is 6.30. The number of halogens is 1. The summed E-state index contributed by atoms with van der Waals surface area (Å²) in [5.74, 6) is 24.5. The number of aliphatic hydroxyl groups excluding tert-OH is 2. The highest BCUT2D eigenvalue weighted by atomic mass is 35.5. The van der Waals surface area contributed by atoms with E-state index >= 15 is 0 Å². The van der Waals surface area contributed by atoms with Gasteiger partial charge in [-0.2, -0.15) is 0 Å². The Labute approximate surface area is 678 Å². The zero-order valence-electron chi connectivity index (χ0n) is 73.1. The smallest absolute Gasteiger partial charge is 0.130 e. The van der Waals surface area contributed by atoms with Crippen molar-refractivity contribution in [2.24, 2.45) is 169 Å². The molecule has 16 aliphatic carbocycles. The van der Waals surface area contributed by atoms with Gasteiger partial charge < -0.3 is 35.7 Å². The Hall–Kier alpha value is -1.91. The van der Waals surface area contributed by atoms with Crippen LogP contribution in [0, 0.1) is 193 Å². The van der Waals surface area contributed by atoms with Crippen LogP contribution in [-0.2, 0) is 0 Å².